The van der Waals surface area contributed by atoms with E-state index in [2.05, 4.69) is 24.4 Å². The molecule has 1 aliphatic carbocycles. The first-order valence-electron chi connectivity index (χ1n) is 7.21. The van der Waals surface area contributed by atoms with E-state index in [1.54, 1.807) is 12.1 Å². The van der Waals surface area contributed by atoms with Crippen LogP contribution in [0.1, 0.15) is 35.3 Å². The fourth-order valence-electron chi connectivity index (χ4n) is 2.74. The van der Waals surface area contributed by atoms with Gasteiger partial charge in [0.2, 0.25) is 5.91 Å². The number of carbonyl (C=O) groups excluding carboxylic acids is 1. The highest BCUT2D eigenvalue weighted by atomic mass is 16.4. The summed E-state index contributed by atoms with van der Waals surface area (Å²) in [6, 6.07) is 11.6. The standard InChI is InChI=1S/C17H19NO3/c1-11-5-2-3-6-12(11)13-9-14(13)17(20)18-10-15(19)16-7-4-8-21-16/h2-8,13-15,19H,9-10H2,1H3,(H,18,20). The third-order valence-corrected chi connectivity index (χ3v) is 4.06. The first kappa shape index (κ1) is 13.9. The van der Waals surface area contributed by atoms with Crippen LogP contribution in [0.4, 0.5) is 0 Å². The minimum atomic E-state index is -0.792. The number of aryl methyl sites for hydroxylation is 1. The summed E-state index contributed by atoms with van der Waals surface area (Å²) in [5.74, 6) is 0.817. The predicted molar refractivity (Wildman–Crippen MR) is 78.7 cm³/mol. The van der Waals surface area contributed by atoms with E-state index in [0.29, 0.717) is 11.7 Å². The second-order valence-corrected chi connectivity index (χ2v) is 5.58. The highest BCUT2D eigenvalue weighted by Gasteiger charge is 2.44. The van der Waals surface area contributed by atoms with Crippen molar-refractivity contribution < 1.29 is 14.3 Å². The van der Waals surface area contributed by atoms with Gasteiger partial charge in [-0.3, -0.25) is 4.79 Å². The predicted octanol–water partition coefficient (Wildman–Crippen LogP) is 2.54. The van der Waals surface area contributed by atoms with Crippen molar-refractivity contribution in [3.05, 3.63) is 59.5 Å². The fraction of sp³-hybridized carbons (Fsp3) is 0.353. The van der Waals surface area contributed by atoms with Gasteiger partial charge in [0.05, 0.1) is 12.8 Å². The van der Waals surface area contributed by atoms with E-state index < -0.39 is 6.10 Å². The molecule has 2 N–H and O–H groups in total. The summed E-state index contributed by atoms with van der Waals surface area (Å²) in [6.45, 7) is 2.26. The van der Waals surface area contributed by atoms with Gasteiger partial charge < -0.3 is 14.8 Å². The van der Waals surface area contributed by atoms with Crippen molar-refractivity contribution in [2.75, 3.05) is 6.54 Å². The van der Waals surface area contributed by atoms with E-state index in [0.717, 1.165) is 6.42 Å². The Kier molecular flexibility index (Phi) is 3.80. The van der Waals surface area contributed by atoms with Gasteiger partial charge in [-0.2, -0.15) is 0 Å². The van der Waals surface area contributed by atoms with E-state index in [1.165, 1.54) is 17.4 Å². The number of aliphatic hydroxyl groups is 1. The Morgan fingerprint density at radius 2 is 2.19 bits per heavy atom. The molecule has 1 aliphatic rings. The van der Waals surface area contributed by atoms with E-state index in [1.807, 2.05) is 12.1 Å². The zero-order valence-electron chi connectivity index (χ0n) is 12.0. The van der Waals surface area contributed by atoms with Gasteiger partial charge in [0.1, 0.15) is 11.9 Å². The van der Waals surface area contributed by atoms with E-state index in [9.17, 15) is 9.90 Å². The Labute approximate surface area is 123 Å². The summed E-state index contributed by atoms with van der Waals surface area (Å²) in [5, 5.41) is 12.7. The van der Waals surface area contributed by atoms with Crippen LogP contribution in [0.25, 0.3) is 0 Å². The van der Waals surface area contributed by atoms with Crippen molar-refractivity contribution in [1.29, 1.82) is 0 Å². The van der Waals surface area contributed by atoms with Crippen molar-refractivity contribution in [3.63, 3.8) is 0 Å². The lowest BCUT2D eigenvalue weighted by atomic mass is 10.0. The number of aliphatic hydroxyl groups excluding tert-OH is 1. The summed E-state index contributed by atoms with van der Waals surface area (Å²) in [5.41, 5.74) is 2.48. The average molecular weight is 285 g/mol. The van der Waals surface area contributed by atoms with Crippen LogP contribution in [0.2, 0.25) is 0 Å². The Balaban J connectivity index is 1.53. The number of hydrogen-bond acceptors (Lipinski definition) is 3. The van der Waals surface area contributed by atoms with Gasteiger partial charge in [-0.05, 0) is 42.5 Å². The lowest BCUT2D eigenvalue weighted by Crippen LogP contribution is -2.29. The van der Waals surface area contributed by atoms with E-state index >= 15 is 0 Å². The number of hydrogen-bond donors (Lipinski definition) is 2. The molecule has 110 valence electrons. The van der Waals surface area contributed by atoms with Gasteiger partial charge in [0, 0.05) is 5.92 Å². The number of benzene rings is 1. The summed E-state index contributed by atoms with van der Waals surface area (Å²) in [4.78, 5) is 12.1. The molecule has 0 aliphatic heterocycles. The Bertz CT molecular complexity index is 621. The van der Waals surface area contributed by atoms with Crippen molar-refractivity contribution >= 4 is 5.91 Å². The first-order valence-corrected chi connectivity index (χ1v) is 7.21. The minimum Gasteiger partial charge on any atom is -0.467 e. The smallest absolute Gasteiger partial charge is 0.223 e. The molecular weight excluding hydrogens is 266 g/mol. The Hall–Kier alpha value is -2.07. The van der Waals surface area contributed by atoms with Crippen LogP contribution in [0.15, 0.2) is 47.1 Å². The highest BCUT2D eigenvalue weighted by molar-refractivity contribution is 5.83. The Morgan fingerprint density at radius 3 is 2.90 bits per heavy atom. The minimum absolute atomic E-state index is 0.00820. The quantitative estimate of drug-likeness (QED) is 0.887. The van der Waals surface area contributed by atoms with Gasteiger partial charge in [-0.1, -0.05) is 24.3 Å². The maximum atomic E-state index is 12.1. The topological polar surface area (TPSA) is 62.5 Å². The molecule has 4 heteroatoms. The lowest BCUT2D eigenvalue weighted by Gasteiger charge is -2.10. The largest absolute Gasteiger partial charge is 0.467 e. The molecule has 21 heavy (non-hydrogen) atoms. The average Bonchev–Trinajstić information content (AvgIpc) is 3.08. The molecule has 0 radical (unpaired) electrons. The molecule has 1 heterocycles. The van der Waals surface area contributed by atoms with Gasteiger partial charge in [-0.25, -0.2) is 0 Å². The second kappa shape index (κ2) is 5.74. The number of nitrogens with one attached hydrogen (secondary N) is 1. The number of amides is 1. The summed E-state index contributed by atoms with van der Waals surface area (Å²) in [6.07, 6.45) is 1.60. The van der Waals surface area contributed by atoms with Crippen LogP contribution < -0.4 is 5.32 Å². The normalized spacial score (nSPS) is 21.8. The summed E-state index contributed by atoms with van der Waals surface area (Å²) in [7, 11) is 0. The van der Waals surface area contributed by atoms with Crippen LogP contribution in [0.5, 0.6) is 0 Å². The van der Waals surface area contributed by atoms with Gasteiger partial charge in [0.15, 0.2) is 0 Å². The molecular formula is C17H19NO3. The molecule has 1 saturated carbocycles. The molecule has 3 unspecified atom stereocenters. The van der Waals surface area contributed by atoms with E-state index in [-0.39, 0.29) is 18.4 Å². The van der Waals surface area contributed by atoms with Crippen LogP contribution in [-0.4, -0.2) is 17.6 Å². The maximum absolute atomic E-state index is 12.1. The zero-order valence-corrected chi connectivity index (χ0v) is 12.0. The molecule has 0 saturated heterocycles. The maximum Gasteiger partial charge on any atom is 0.223 e. The third kappa shape index (κ3) is 3.00. The molecule has 4 nitrogen and oxygen atoms in total. The molecule has 3 rings (SSSR count). The van der Waals surface area contributed by atoms with Crippen molar-refractivity contribution in [3.8, 4) is 0 Å². The van der Waals surface area contributed by atoms with Crippen LogP contribution in [0, 0.1) is 12.8 Å². The van der Waals surface area contributed by atoms with Crippen LogP contribution in [-0.2, 0) is 4.79 Å². The van der Waals surface area contributed by atoms with Gasteiger partial charge in [0.25, 0.3) is 0 Å². The van der Waals surface area contributed by atoms with E-state index in [4.69, 9.17) is 4.42 Å². The van der Waals surface area contributed by atoms with Crippen molar-refractivity contribution in [2.45, 2.75) is 25.4 Å². The number of carbonyl (C=O) groups is 1. The Morgan fingerprint density at radius 1 is 1.38 bits per heavy atom. The lowest BCUT2D eigenvalue weighted by molar-refractivity contribution is -0.122. The van der Waals surface area contributed by atoms with Crippen LogP contribution >= 0.6 is 0 Å². The van der Waals surface area contributed by atoms with Gasteiger partial charge in [-0.15, -0.1) is 0 Å². The van der Waals surface area contributed by atoms with Crippen LogP contribution in [0.3, 0.4) is 0 Å². The van der Waals surface area contributed by atoms with Gasteiger partial charge >= 0.3 is 0 Å². The number of furan rings is 1. The molecule has 0 bridgehead atoms. The molecule has 2 aromatic rings. The van der Waals surface area contributed by atoms with Crippen molar-refractivity contribution in [2.24, 2.45) is 5.92 Å². The summed E-state index contributed by atoms with van der Waals surface area (Å²) < 4.78 is 5.11. The fourth-order valence-corrected chi connectivity index (χ4v) is 2.74. The SMILES string of the molecule is Cc1ccccc1C1CC1C(=O)NCC(O)c1ccco1. The zero-order chi connectivity index (χ0) is 14.8. The highest BCUT2D eigenvalue weighted by Crippen LogP contribution is 2.48. The molecule has 3 atom stereocenters. The van der Waals surface area contributed by atoms with Crippen molar-refractivity contribution in [1.82, 2.24) is 5.32 Å². The third-order valence-electron chi connectivity index (χ3n) is 4.06. The molecule has 1 fully saturated rings. The second-order valence-electron chi connectivity index (χ2n) is 5.58. The molecule has 0 spiro atoms. The molecule has 1 aromatic heterocycles. The molecule has 1 aromatic carbocycles. The summed E-state index contributed by atoms with van der Waals surface area (Å²) >= 11 is 0. The number of rotatable bonds is 5. The first-order chi connectivity index (χ1) is 10.2. The monoisotopic (exact) mass is 285 g/mol. The molecule has 1 amide bonds.